The van der Waals surface area contributed by atoms with E-state index in [0.717, 1.165) is 18.7 Å². The maximum atomic E-state index is 12.4. The van der Waals surface area contributed by atoms with Gasteiger partial charge in [0.25, 0.3) is 0 Å². The first-order chi connectivity index (χ1) is 10.8. The lowest BCUT2D eigenvalue weighted by atomic mass is 9.89. The quantitative estimate of drug-likeness (QED) is 0.848. The lowest BCUT2D eigenvalue weighted by Gasteiger charge is -2.41. The molecular weight excluding hydrogens is 296 g/mol. The van der Waals surface area contributed by atoms with Crippen LogP contribution in [-0.2, 0) is 16.5 Å². The van der Waals surface area contributed by atoms with Crippen LogP contribution in [0.4, 0.5) is 4.79 Å². The molecule has 2 fully saturated rings. The van der Waals surface area contributed by atoms with Gasteiger partial charge in [-0.05, 0) is 33.3 Å². The molecule has 3 heterocycles. The van der Waals surface area contributed by atoms with Crippen molar-refractivity contribution in [2.75, 3.05) is 26.2 Å². The molecule has 1 aromatic heterocycles. The average Bonchev–Trinajstić information content (AvgIpc) is 3.06. The van der Waals surface area contributed by atoms with Crippen LogP contribution >= 0.6 is 0 Å². The number of amides is 1. The monoisotopic (exact) mass is 322 g/mol. The highest BCUT2D eigenvalue weighted by molar-refractivity contribution is 5.68. The summed E-state index contributed by atoms with van der Waals surface area (Å²) in [5.41, 5.74) is 0.179. The van der Waals surface area contributed by atoms with Gasteiger partial charge in [0, 0.05) is 26.3 Å². The molecule has 0 aliphatic carbocycles. The molecule has 2 unspecified atom stereocenters. The third kappa shape index (κ3) is 3.21. The number of nitrogens with zero attached hydrogens (tertiary/aromatic N) is 3. The molecule has 0 radical (unpaired) electrons. The van der Waals surface area contributed by atoms with Crippen molar-refractivity contribution in [2.45, 2.75) is 44.4 Å². The Morgan fingerprint density at radius 3 is 2.96 bits per heavy atom. The van der Waals surface area contributed by atoms with Crippen molar-refractivity contribution in [3.05, 3.63) is 18.0 Å². The molecule has 128 valence electrons. The lowest BCUT2D eigenvalue weighted by molar-refractivity contribution is -0.0918. The second-order valence-corrected chi connectivity index (χ2v) is 7.33. The van der Waals surface area contributed by atoms with Gasteiger partial charge < -0.3 is 19.7 Å². The van der Waals surface area contributed by atoms with E-state index < -0.39 is 11.2 Å². The van der Waals surface area contributed by atoms with Gasteiger partial charge in [-0.3, -0.25) is 4.68 Å². The summed E-state index contributed by atoms with van der Waals surface area (Å²) in [7, 11) is 1.93. The molecule has 2 atom stereocenters. The molecule has 1 aromatic rings. The zero-order chi connectivity index (χ0) is 16.7. The van der Waals surface area contributed by atoms with Gasteiger partial charge in [-0.15, -0.1) is 0 Å². The van der Waals surface area contributed by atoms with Gasteiger partial charge in [0.15, 0.2) is 0 Å². The third-order valence-electron chi connectivity index (χ3n) is 4.44. The zero-order valence-corrected chi connectivity index (χ0v) is 14.3. The van der Waals surface area contributed by atoms with E-state index in [4.69, 9.17) is 9.47 Å². The Morgan fingerprint density at radius 1 is 1.52 bits per heavy atom. The first-order valence-electron chi connectivity index (χ1n) is 8.14. The first-order valence-corrected chi connectivity index (χ1v) is 8.14. The van der Waals surface area contributed by atoms with Gasteiger partial charge in [-0.25, -0.2) is 4.79 Å². The van der Waals surface area contributed by atoms with Crippen LogP contribution in [0.25, 0.3) is 0 Å². The molecule has 0 saturated carbocycles. The molecule has 23 heavy (non-hydrogen) atoms. The topological polar surface area (TPSA) is 68.6 Å². The van der Waals surface area contributed by atoms with E-state index in [1.807, 2.05) is 38.6 Å². The summed E-state index contributed by atoms with van der Waals surface area (Å²) in [4.78, 5) is 14.1. The Morgan fingerprint density at radius 2 is 2.30 bits per heavy atom. The van der Waals surface area contributed by atoms with Crippen LogP contribution < -0.4 is 5.32 Å². The number of carbonyl (C=O) groups excluding carboxylic acids is 1. The van der Waals surface area contributed by atoms with E-state index in [9.17, 15) is 4.79 Å². The van der Waals surface area contributed by atoms with Crippen molar-refractivity contribution in [1.29, 1.82) is 0 Å². The molecule has 7 nitrogen and oxygen atoms in total. The van der Waals surface area contributed by atoms with Crippen molar-refractivity contribution < 1.29 is 14.3 Å². The number of aryl methyl sites for hydroxylation is 1. The minimum absolute atomic E-state index is 0.0242. The van der Waals surface area contributed by atoms with Crippen LogP contribution in [-0.4, -0.2) is 58.2 Å². The molecule has 2 aliphatic heterocycles. The van der Waals surface area contributed by atoms with Crippen molar-refractivity contribution in [1.82, 2.24) is 20.0 Å². The fourth-order valence-electron chi connectivity index (χ4n) is 3.41. The van der Waals surface area contributed by atoms with Crippen LogP contribution in [0.3, 0.4) is 0 Å². The molecule has 1 amide bonds. The fourth-order valence-corrected chi connectivity index (χ4v) is 3.41. The third-order valence-corrected chi connectivity index (χ3v) is 4.44. The van der Waals surface area contributed by atoms with Gasteiger partial charge >= 0.3 is 6.09 Å². The molecule has 1 N–H and O–H groups in total. The largest absolute Gasteiger partial charge is 0.444 e. The van der Waals surface area contributed by atoms with Gasteiger partial charge in [0.1, 0.15) is 11.2 Å². The Bertz CT molecular complexity index is 580. The van der Waals surface area contributed by atoms with Gasteiger partial charge in [0.2, 0.25) is 0 Å². The number of carbonyl (C=O) groups is 1. The van der Waals surface area contributed by atoms with Gasteiger partial charge in [-0.2, -0.15) is 5.10 Å². The van der Waals surface area contributed by atoms with E-state index in [2.05, 4.69) is 10.4 Å². The lowest BCUT2D eigenvalue weighted by Crippen LogP contribution is -2.54. The average molecular weight is 322 g/mol. The maximum Gasteiger partial charge on any atom is 0.410 e. The van der Waals surface area contributed by atoms with Crippen LogP contribution in [0.5, 0.6) is 0 Å². The highest BCUT2D eigenvalue weighted by atomic mass is 16.6. The Hall–Kier alpha value is -1.60. The maximum absolute atomic E-state index is 12.4. The summed E-state index contributed by atoms with van der Waals surface area (Å²) in [5, 5.41) is 7.80. The standard InChI is InChI=1S/C16H26N4O3/c1-15(2,3)23-14(21)20-9-6-16(11-20)13(17-8-10-22-16)12-5-7-18-19(12)4/h5,7,13,17H,6,8-11H2,1-4H3. The van der Waals surface area contributed by atoms with Crippen molar-refractivity contribution in [3.63, 3.8) is 0 Å². The van der Waals surface area contributed by atoms with Crippen molar-refractivity contribution in [3.8, 4) is 0 Å². The molecule has 0 aromatic carbocycles. The molecule has 7 heteroatoms. The summed E-state index contributed by atoms with van der Waals surface area (Å²) in [5.74, 6) is 0. The summed E-state index contributed by atoms with van der Waals surface area (Å²) >= 11 is 0. The smallest absolute Gasteiger partial charge is 0.410 e. The van der Waals surface area contributed by atoms with E-state index in [1.54, 1.807) is 11.1 Å². The van der Waals surface area contributed by atoms with Crippen LogP contribution in [0.15, 0.2) is 12.3 Å². The highest BCUT2D eigenvalue weighted by Gasteiger charge is 2.50. The van der Waals surface area contributed by atoms with Gasteiger partial charge in [-0.1, -0.05) is 0 Å². The normalized spacial score (nSPS) is 28.3. The number of aromatic nitrogens is 2. The number of morpholine rings is 1. The van der Waals surface area contributed by atoms with Crippen LogP contribution in [0.1, 0.15) is 38.9 Å². The Balaban J connectivity index is 1.78. The second-order valence-electron chi connectivity index (χ2n) is 7.33. The number of hydrogen-bond donors (Lipinski definition) is 1. The molecule has 0 bridgehead atoms. The predicted octanol–water partition coefficient (Wildman–Crippen LogP) is 1.46. The van der Waals surface area contributed by atoms with Gasteiger partial charge in [0.05, 0.1) is 24.9 Å². The Labute approximate surface area is 136 Å². The Kier molecular flexibility index (Phi) is 4.10. The van der Waals surface area contributed by atoms with Crippen molar-refractivity contribution >= 4 is 6.09 Å². The van der Waals surface area contributed by atoms with Crippen LogP contribution in [0, 0.1) is 0 Å². The van der Waals surface area contributed by atoms with E-state index in [0.29, 0.717) is 19.7 Å². The van der Waals surface area contributed by atoms with E-state index in [-0.39, 0.29) is 12.1 Å². The molecule has 1 spiro atoms. The highest BCUT2D eigenvalue weighted by Crippen LogP contribution is 2.39. The second kappa shape index (κ2) is 5.79. The number of hydrogen-bond acceptors (Lipinski definition) is 5. The summed E-state index contributed by atoms with van der Waals surface area (Å²) < 4.78 is 13.5. The van der Waals surface area contributed by atoms with E-state index >= 15 is 0 Å². The van der Waals surface area contributed by atoms with Crippen molar-refractivity contribution in [2.24, 2.45) is 7.05 Å². The summed E-state index contributed by atoms with van der Waals surface area (Å²) in [6, 6.07) is 2.03. The minimum Gasteiger partial charge on any atom is -0.444 e. The number of rotatable bonds is 1. The number of nitrogens with one attached hydrogen (secondary N) is 1. The molecular formula is C16H26N4O3. The van der Waals surface area contributed by atoms with Crippen LogP contribution in [0.2, 0.25) is 0 Å². The fraction of sp³-hybridized carbons (Fsp3) is 0.750. The van der Waals surface area contributed by atoms with E-state index in [1.165, 1.54) is 0 Å². The minimum atomic E-state index is -0.486. The molecule has 2 saturated heterocycles. The zero-order valence-electron chi connectivity index (χ0n) is 14.3. The first kappa shape index (κ1) is 16.3. The number of ether oxygens (including phenoxy) is 2. The summed E-state index contributed by atoms with van der Waals surface area (Å²) in [6.07, 6.45) is 2.31. The SMILES string of the molecule is Cn1nccc1C1NCCOC12CCN(C(=O)OC(C)(C)C)C2. The predicted molar refractivity (Wildman–Crippen MR) is 85.1 cm³/mol. The molecule has 2 aliphatic rings. The summed E-state index contributed by atoms with van der Waals surface area (Å²) in [6.45, 7) is 8.27. The molecule has 3 rings (SSSR count). The number of likely N-dealkylation sites (tertiary alicyclic amines) is 1.